The van der Waals surface area contributed by atoms with E-state index in [1.807, 2.05) is 0 Å². The molecule has 0 radical (unpaired) electrons. The van der Waals surface area contributed by atoms with Gasteiger partial charge in [0.15, 0.2) is 0 Å². The van der Waals surface area contributed by atoms with Gasteiger partial charge in [0.1, 0.15) is 10.6 Å². The van der Waals surface area contributed by atoms with Crippen LogP contribution in [0.1, 0.15) is 10.5 Å². The summed E-state index contributed by atoms with van der Waals surface area (Å²) < 4.78 is 62.5. The molecule has 0 bridgehead atoms. The fourth-order valence-electron chi connectivity index (χ4n) is 1.41. The maximum absolute atomic E-state index is 12.5. The van der Waals surface area contributed by atoms with Crippen molar-refractivity contribution in [2.75, 3.05) is 5.32 Å². The fraction of sp³-hybridized carbons (Fsp3) is 0. The van der Waals surface area contributed by atoms with Gasteiger partial charge in [-0.1, -0.05) is 19.4 Å². The molecule has 0 aliphatic heterocycles. The summed E-state index contributed by atoms with van der Waals surface area (Å²) >= 11 is 0. The summed E-state index contributed by atoms with van der Waals surface area (Å²) in [5.41, 5.74) is -0.134. The molecule has 0 unspecified atom stereocenters. The van der Waals surface area contributed by atoms with Crippen molar-refractivity contribution in [1.82, 2.24) is 9.97 Å². The predicted octanol–water partition coefficient (Wildman–Crippen LogP) is 4.39. The highest BCUT2D eigenvalue weighted by Gasteiger charge is 2.65. The number of amides is 1. The first-order valence-electron chi connectivity index (χ1n) is 5.37. The normalized spacial score (nSPS) is 14.9. The molecule has 0 fully saturated rings. The zero-order valence-electron chi connectivity index (χ0n) is 10.1. The highest BCUT2D eigenvalue weighted by Crippen LogP contribution is 3.02. The van der Waals surface area contributed by atoms with Gasteiger partial charge in [-0.15, -0.1) is 0 Å². The number of aromatic nitrogens is 2. The van der Waals surface area contributed by atoms with E-state index in [4.69, 9.17) is 0 Å². The lowest BCUT2D eigenvalue weighted by Gasteiger charge is -2.40. The zero-order chi connectivity index (χ0) is 15.8. The first-order valence-corrected chi connectivity index (χ1v) is 7.32. The third-order valence-corrected chi connectivity index (χ3v) is 3.52. The van der Waals surface area contributed by atoms with Crippen molar-refractivity contribution in [3.63, 3.8) is 0 Å². The first-order chi connectivity index (χ1) is 9.45. The molecule has 1 aromatic carbocycles. The Balaban J connectivity index is 2.20. The maximum Gasteiger partial charge on any atom is 0.310 e. The van der Waals surface area contributed by atoms with Crippen LogP contribution in [0.3, 0.4) is 0 Å². The number of nitrogens with one attached hydrogen (secondary N) is 1. The number of benzene rings is 1. The summed E-state index contributed by atoms with van der Waals surface area (Å²) in [6, 6.07) is 1.91. The monoisotopic (exact) mass is 325 g/mol. The van der Waals surface area contributed by atoms with Crippen LogP contribution >= 0.6 is 10.2 Å². The smallest absolute Gasteiger partial charge is 0.310 e. The summed E-state index contributed by atoms with van der Waals surface area (Å²) in [5, 5.41) is 2.22. The van der Waals surface area contributed by atoms with Crippen LogP contribution in [-0.4, -0.2) is 15.9 Å². The second kappa shape index (κ2) is 4.13. The van der Waals surface area contributed by atoms with Crippen LogP contribution < -0.4 is 5.32 Å². The van der Waals surface area contributed by atoms with Crippen molar-refractivity contribution in [3.8, 4) is 0 Å². The lowest BCUT2D eigenvalue weighted by Crippen LogP contribution is -2.14. The molecule has 1 amide bonds. The zero-order valence-corrected chi connectivity index (χ0v) is 11.0. The van der Waals surface area contributed by atoms with Gasteiger partial charge < -0.3 is 5.32 Å². The van der Waals surface area contributed by atoms with Gasteiger partial charge in [0.2, 0.25) is 0 Å². The molecule has 1 N–H and O–H groups in total. The standard InChI is InChI=1S/C11H8F5N3OS/c12-21(13,14,15,16)9-3-1-8(2-4-9)19-11(20)10-7-17-5-6-18-10/h1-7H,(H,19,20). The van der Waals surface area contributed by atoms with Crippen LogP contribution in [0.25, 0.3) is 0 Å². The van der Waals surface area contributed by atoms with Gasteiger partial charge >= 0.3 is 10.2 Å². The van der Waals surface area contributed by atoms with E-state index in [1.54, 1.807) is 0 Å². The fourth-order valence-corrected chi connectivity index (χ4v) is 2.06. The number of carbonyl (C=O) groups is 1. The minimum absolute atomic E-state index is 0.0608. The van der Waals surface area contributed by atoms with Gasteiger partial charge in [0.25, 0.3) is 5.91 Å². The molecule has 0 atom stereocenters. The molecule has 0 spiro atoms. The van der Waals surface area contributed by atoms with Crippen molar-refractivity contribution < 1.29 is 24.2 Å². The van der Waals surface area contributed by atoms with Crippen molar-refractivity contribution in [2.45, 2.75) is 4.90 Å². The van der Waals surface area contributed by atoms with Crippen LogP contribution in [0.2, 0.25) is 0 Å². The quantitative estimate of drug-likeness (QED) is 0.852. The molecule has 2 aromatic rings. The summed E-state index contributed by atoms with van der Waals surface area (Å²) in [5.74, 6) is -0.719. The number of carbonyl (C=O) groups excluding carboxylic acids is 1. The molecular formula is C11H8F5N3OS. The van der Waals surface area contributed by atoms with E-state index in [1.165, 1.54) is 12.4 Å². The van der Waals surface area contributed by atoms with Crippen molar-refractivity contribution in [2.24, 2.45) is 0 Å². The molecular weight excluding hydrogens is 317 g/mol. The van der Waals surface area contributed by atoms with E-state index < -0.39 is 21.0 Å². The Morgan fingerprint density at radius 2 is 1.62 bits per heavy atom. The third-order valence-electron chi connectivity index (χ3n) is 2.35. The number of halogens is 5. The molecule has 2 rings (SSSR count). The SMILES string of the molecule is O=C(Nc1ccc(S(F)(F)(F)(F)F)cc1)c1cnccn1. The van der Waals surface area contributed by atoms with E-state index in [9.17, 15) is 24.2 Å². The van der Waals surface area contributed by atoms with Crippen molar-refractivity contribution in [3.05, 3.63) is 48.5 Å². The minimum atomic E-state index is -9.70. The molecule has 0 aliphatic carbocycles. The summed E-state index contributed by atoms with van der Waals surface area (Å²) in [7, 11) is -9.70. The van der Waals surface area contributed by atoms with Crippen LogP contribution in [-0.2, 0) is 0 Å². The predicted molar refractivity (Wildman–Crippen MR) is 67.8 cm³/mol. The highest BCUT2D eigenvalue weighted by molar-refractivity contribution is 8.45. The van der Waals surface area contributed by atoms with Gasteiger partial charge in [-0.2, -0.15) is 0 Å². The maximum atomic E-state index is 12.5. The highest BCUT2D eigenvalue weighted by atomic mass is 32.5. The van der Waals surface area contributed by atoms with Gasteiger partial charge in [-0.3, -0.25) is 9.78 Å². The number of rotatable bonds is 3. The molecule has 0 saturated carbocycles. The van der Waals surface area contributed by atoms with Crippen LogP contribution in [0, 0.1) is 0 Å². The van der Waals surface area contributed by atoms with E-state index in [-0.39, 0.29) is 23.5 Å². The number of hydrogen-bond donors (Lipinski definition) is 1. The van der Waals surface area contributed by atoms with E-state index in [0.29, 0.717) is 0 Å². The van der Waals surface area contributed by atoms with Crippen LogP contribution in [0.5, 0.6) is 0 Å². The average Bonchev–Trinajstić information content (AvgIpc) is 2.37. The van der Waals surface area contributed by atoms with E-state index in [0.717, 1.165) is 18.3 Å². The van der Waals surface area contributed by atoms with Crippen molar-refractivity contribution >= 4 is 21.8 Å². The Labute approximate surface area is 115 Å². The Morgan fingerprint density at radius 3 is 2.10 bits per heavy atom. The number of nitrogens with zero attached hydrogens (tertiary/aromatic N) is 2. The van der Waals surface area contributed by atoms with Gasteiger partial charge in [0.05, 0.1) is 6.20 Å². The Bertz CT molecular complexity index is 673. The van der Waals surface area contributed by atoms with E-state index in [2.05, 4.69) is 15.3 Å². The van der Waals surface area contributed by atoms with Gasteiger partial charge in [-0.05, 0) is 24.3 Å². The number of hydrogen-bond acceptors (Lipinski definition) is 3. The molecule has 21 heavy (non-hydrogen) atoms. The average molecular weight is 325 g/mol. The third kappa shape index (κ3) is 3.88. The van der Waals surface area contributed by atoms with Crippen LogP contribution in [0.15, 0.2) is 47.8 Å². The molecule has 0 saturated heterocycles. The molecule has 10 heteroatoms. The van der Waals surface area contributed by atoms with Crippen LogP contribution in [0.4, 0.5) is 25.1 Å². The first kappa shape index (κ1) is 15.2. The minimum Gasteiger partial charge on any atom is -0.321 e. The molecule has 4 nitrogen and oxygen atoms in total. The Morgan fingerprint density at radius 1 is 1.00 bits per heavy atom. The van der Waals surface area contributed by atoms with E-state index >= 15 is 0 Å². The summed E-state index contributed by atoms with van der Waals surface area (Å²) in [6.07, 6.45) is 3.74. The van der Waals surface area contributed by atoms with Crippen molar-refractivity contribution in [1.29, 1.82) is 0 Å². The van der Waals surface area contributed by atoms with Gasteiger partial charge in [0, 0.05) is 18.1 Å². The lowest BCUT2D eigenvalue weighted by molar-refractivity contribution is 0.102. The second-order valence-electron chi connectivity index (χ2n) is 4.04. The van der Waals surface area contributed by atoms with Gasteiger partial charge in [-0.25, -0.2) is 4.98 Å². The molecule has 114 valence electrons. The summed E-state index contributed by atoms with van der Waals surface area (Å²) in [6.45, 7) is 0. The topological polar surface area (TPSA) is 54.9 Å². The lowest BCUT2D eigenvalue weighted by atomic mass is 10.3. The molecule has 1 heterocycles. The molecule has 1 aromatic heterocycles. The Hall–Kier alpha value is -2.23. The Kier molecular flexibility index (Phi) is 2.99. The summed E-state index contributed by atoms with van der Waals surface area (Å²) in [4.78, 5) is 17.0. The second-order valence-corrected chi connectivity index (χ2v) is 6.45. The molecule has 0 aliphatic rings. The number of anilines is 1. The largest absolute Gasteiger partial charge is 0.321 e.